The smallest absolute Gasteiger partial charge is 0.253 e. The summed E-state index contributed by atoms with van der Waals surface area (Å²) >= 11 is 1.19. The van der Waals surface area contributed by atoms with Crippen LogP contribution in [0.15, 0.2) is 16.0 Å². The number of carbonyl (C=O) groups is 1. The van der Waals surface area contributed by atoms with Crippen LogP contribution in [0, 0.1) is 5.92 Å². The predicted octanol–water partition coefficient (Wildman–Crippen LogP) is 1.14. The van der Waals surface area contributed by atoms with Gasteiger partial charge in [0.1, 0.15) is 5.82 Å². The number of anilines is 1. The molecule has 0 bridgehead atoms. The van der Waals surface area contributed by atoms with Crippen molar-refractivity contribution in [2.75, 3.05) is 11.5 Å². The van der Waals surface area contributed by atoms with Crippen LogP contribution in [0.1, 0.15) is 32.6 Å². The fraction of sp³-hybridized carbons (Fsp3) is 0.615. The van der Waals surface area contributed by atoms with Gasteiger partial charge in [0.25, 0.3) is 5.56 Å². The van der Waals surface area contributed by atoms with Crippen LogP contribution in [0.3, 0.4) is 0 Å². The summed E-state index contributed by atoms with van der Waals surface area (Å²) in [5, 5.41) is 3.43. The number of hydrogen-bond acceptors (Lipinski definition) is 5. The SMILES string of the molecule is CC1CCCCC1NC(=O)CSc1nc(N)cc(=O)[nH]1. The highest BCUT2D eigenvalue weighted by Gasteiger charge is 2.22. The van der Waals surface area contributed by atoms with E-state index in [-0.39, 0.29) is 29.1 Å². The van der Waals surface area contributed by atoms with Crippen LogP contribution in [0.2, 0.25) is 0 Å². The zero-order chi connectivity index (χ0) is 14.5. The molecule has 2 rings (SSSR count). The quantitative estimate of drug-likeness (QED) is 0.571. The molecule has 1 fully saturated rings. The standard InChI is InChI=1S/C13H20N4O2S/c1-8-4-2-3-5-9(8)15-12(19)7-20-13-16-10(14)6-11(18)17-13/h6,8-9H,2-5,7H2,1H3,(H,15,19)(H3,14,16,17,18). The number of amides is 1. The topological polar surface area (TPSA) is 101 Å². The predicted molar refractivity (Wildman–Crippen MR) is 79.6 cm³/mol. The first kappa shape index (κ1) is 14.9. The summed E-state index contributed by atoms with van der Waals surface area (Å²) in [6.45, 7) is 2.17. The third-order valence-electron chi connectivity index (χ3n) is 3.54. The number of aromatic amines is 1. The lowest BCUT2D eigenvalue weighted by Crippen LogP contribution is -2.41. The number of nitrogens with two attached hydrogens (primary N) is 1. The Morgan fingerprint density at radius 3 is 3.00 bits per heavy atom. The van der Waals surface area contributed by atoms with Gasteiger partial charge in [-0.1, -0.05) is 31.5 Å². The van der Waals surface area contributed by atoms with Crippen LogP contribution in [-0.4, -0.2) is 27.7 Å². The Balaban J connectivity index is 1.84. The average molecular weight is 296 g/mol. The van der Waals surface area contributed by atoms with Crippen molar-refractivity contribution >= 4 is 23.5 Å². The second-order valence-electron chi connectivity index (χ2n) is 5.20. The summed E-state index contributed by atoms with van der Waals surface area (Å²) < 4.78 is 0. The second kappa shape index (κ2) is 6.78. The Bertz CT molecular complexity index is 531. The minimum atomic E-state index is -0.304. The number of thioether (sulfide) groups is 1. The lowest BCUT2D eigenvalue weighted by molar-refractivity contribution is -0.119. The molecule has 110 valence electrons. The van der Waals surface area contributed by atoms with Crippen molar-refractivity contribution in [3.63, 3.8) is 0 Å². The number of hydrogen-bond donors (Lipinski definition) is 3. The first-order valence-corrected chi connectivity index (χ1v) is 7.82. The van der Waals surface area contributed by atoms with E-state index in [4.69, 9.17) is 5.73 Å². The van der Waals surface area contributed by atoms with Crippen molar-refractivity contribution in [1.82, 2.24) is 15.3 Å². The van der Waals surface area contributed by atoms with Crippen LogP contribution in [-0.2, 0) is 4.79 Å². The minimum absolute atomic E-state index is 0.0289. The van der Waals surface area contributed by atoms with E-state index in [2.05, 4.69) is 22.2 Å². The molecule has 20 heavy (non-hydrogen) atoms. The Kier molecular flexibility index (Phi) is 5.05. The molecular weight excluding hydrogens is 276 g/mol. The number of rotatable bonds is 4. The molecule has 0 radical (unpaired) electrons. The number of nitrogens with one attached hydrogen (secondary N) is 2. The van der Waals surface area contributed by atoms with Crippen molar-refractivity contribution in [3.05, 3.63) is 16.4 Å². The molecule has 1 amide bonds. The van der Waals surface area contributed by atoms with Gasteiger partial charge in [-0.3, -0.25) is 9.59 Å². The highest BCUT2D eigenvalue weighted by atomic mass is 32.2. The Hall–Kier alpha value is -1.50. The van der Waals surface area contributed by atoms with Crippen LogP contribution in [0.25, 0.3) is 0 Å². The summed E-state index contributed by atoms with van der Waals surface area (Å²) in [4.78, 5) is 29.7. The van der Waals surface area contributed by atoms with Gasteiger partial charge in [0.15, 0.2) is 5.16 Å². The number of H-pyrrole nitrogens is 1. The van der Waals surface area contributed by atoms with Crippen LogP contribution >= 0.6 is 11.8 Å². The molecule has 2 unspecified atom stereocenters. The third kappa shape index (κ3) is 4.26. The van der Waals surface area contributed by atoms with E-state index in [1.165, 1.54) is 37.1 Å². The summed E-state index contributed by atoms with van der Waals surface area (Å²) in [5.41, 5.74) is 5.18. The zero-order valence-electron chi connectivity index (χ0n) is 11.5. The molecule has 1 saturated carbocycles. The molecule has 0 aliphatic heterocycles. The van der Waals surface area contributed by atoms with E-state index in [0.29, 0.717) is 11.1 Å². The number of aromatic nitrogens is 2. The van der Waals surface area contributed by atoms with E-state index >= 15 is 0 Å². The molecule has 4 N–H and O–H groups in total. The van der Waals surface area contributed by atoms with Crippen molar-refractivity contribution in [1.29, 1.82) is 0 Å². The summed E-state index contributed by atoms with van der Waals surface area (Å²) in [6, 6.07) is 1.48. The minimum Gasteiger partial charge on any atom is -0.383 e. The van der Waals surface area contributed by atoms with Gasteiger partial charge in [0.2, 0.25) is 5.91 Å². The van der Waals surface area contributed by atoms with E-state index in [1.807, 2.05) is 0 Å². The second-order valence-corrected chi connectivity index (χ2v) is 6.16. The number of carbonyl (C=O) groups excluding carboxylic acids is 1. The molecule has 6 nitrogen and oxygen atoms in total. The monoisotopic (exact) mass is 296 g/mol. The molecule has 2 atom stereocenters. The van der Waals surface area contributed by atoms with E-state index in [0.717, 1.165) is 6.42 Å². The van der Waals surface area contributed by atoms with Gasteiger partial charge in [0.05, 0.1) is 5.75 Å². The van der Waals surface area contributed by atoms with Gasteiger partial charge in [-0.2, -0.15) is 0 Å². The van der Waals surface area contributed by atoms with Crippen LogP contribution < -0.4 is 16.6 Å². The molecular formula is C13H20N4O2S. The van der Waals surface area contributed by atoms with Gasteiger partial charge in [-0.05, 0) is 18.8 Å². The maximum absolute atomic E-state index is 11.9. The van der Waals surface area contributed by atoms with E-state index in [9.17, 15) is 9.59 Å². The molecule has 0 spiro atoms. The van der Waals surface area contributed by atoms with Gasteiger partial charge < -0.3 is 16.0 Å². The van der Waals surface area contributed by atoms with E-state index < -0.39 is 0 Å². The molecule has 1 aliphatic carbocycles. The summed E-state index contributed by atoms with van der Waals surface area (Å²) in [6.07, 6.45) is 4.64. The molecule has 1 aromatic heterocycles. The van der Waals surface area contributed by atoms with Gasteiger partial charge in [-0.15, -0.1) is 0 Å². The van der Waals surface area contributed by atoms with Gasteiger partial charge in [0, 0.05) is 12.1 Å². The largest absolute Gasteiger partial charge is 0.383 e. The molecule has 0 aromatic carbocycles. The maximum atomic E-state index is 11.9. The average Bonchev–Trinajstić information content (AvgIpc) is 2.38. The number of nitrogen functional groups attached to an aromatic ring is 1. The van der Waals surface area contributed by atoms with Crippen molar-refractivity contribution in [3.8, 4) is 0 Å². The Labute approximate surface area is 121 Å². The van der Waals surface area contributed by atoms with Gasteiger partial charge in [-0.25, -0.2) is 4.98 Å². The molecule has 1 aromatic rings. The molecule has 1 heterocycles. The zero-order valence-corrected chi connectivity index (χ0v) is 12.3. The molecule has 7 heteroatoms. The third-order valence-corrected chi connectivity index (χ3v) is 4.41. The fourth-order valence-electron chi connectivity index (χ4n) is 2.43. The maximum Gasteiger partial charge on any atom is 0.253 e. The number of nitrogens with zero attached hydrogens (tertiary/aromatic N) is 1. The first-order chi connectivity index (χ1) is 9.54. The molecule has 1 aliphatic rings. The Morgan fingerprint density at radius 1 is 1.55 bits per heavy atom. The van der Waals surface area contributed by atoms with Crippen molar-refractivity contribution in [2.24, 2.45) is 5.92 Å². The normalized spacial score (nSPS) is 22.4. The van der Waals surface area contributed by atoms with E-state index in [1.54, 1.807) is 0 Å². The lowest BCUT2D eigenvalue weighted by Gasteiger charge is -2.29. The summed E-state index contributed by atoms with van der Waals surface area (Å²) in [5.74, 6) is 0.898. The van der Waals surface area contributed by atoms with Crippen LogP contribution in [0.4, 0.5) is 5.82 Å². The lowest BCUT2D eigenvalue weighted by atomic mass is 9.86. The van der Waals surface area contributed by atoms with Crippen molar-refractivity contribution in [2.45, 2.75) is 43.8 Å². The van der Waals surface area contributed by atoms with Gasteiger partial charge >= 0.3 is 0 Å². The first-order valence-electron chi connectivity index (χ1n) is 6.83. The Morgan fingerprint density at radius 2 is 2.30 bits per heavy atom. The molecule has 0 saturated heterocycles. The van der Waals surface area contributed by atoms with Crippen LogP contribution in [0.5, 0.6) is 0 Å². The van der Waals surface area contributed by atoms with Crippen molar-refractivity contribution < 1.29 is 4.79 Å². The highest BCUT2D eigenvalue weighted by Crippen LogP contribution is 2.23. The highest BCUT2D eigenvalue weighted by molar-refractivity contribution is 7.99. The fourth-order valence-corrected chi connectivity index (χ4v) is 3.13. The summed E-state index contributed by atoms with van der Waals surface area (Å²) in [7, 11) is 0.